The van der Waals surface area contributed by atoms with Gasteiger partial charge in [0.1, 0.15) is 21.8 Å². The standard InChI is InChI=1S/C21H27N5O2S2/c1-5-7-26-20(28)17(30-21(26)29)12-15-14(3)16(13-22)19(27)23(4)18(15)25-10-8-24(6-2)9-11-25/h12H,5-11H2,1-4H3/b17-12-. The Balaban J connectivity index is 2.13. The van der Waals surface area contributed by atoms with Crippen molar-refractivity contribution in [3.8, 4) is 6.07 Å². The number of amides is 1. The van der Waals surface area contributed by atoms with E-state index in [2.05, 4.69) is 16.7 Å². The first kappa shape index (κ1) is 22.5. The molecule has 1 aromatic heterocycles. The highest BCUT2D eigenvalue weighted by molar-refractivity contribution is 8.26. The van der Waals surface area contributed by atoms with E-state index >= 15 is 0 Å². The third-order valence-corrected chi connectivity index (χ3v) is 7.06. The number of piperazine rings is 1. The number of likely N-dealkylation sites (N-methyl/N-ethyl adjacent to an activating group) is 1. The Kier molecular flexibility index (Phi) is 7.01. The Labute approximate surface area is 186 Å². The zero-order valence-electron chi connectivity index (χ0n) is 17.9. The maximum absolute atomic E-state index is 12.9. The second-order valence-corrected chi connectivity index (χ2v) is 9.14. The van der Waals surface area contributed by atoms with Crippen LogP contribution >= 0.6 is 24.0 Å². The lowest BCUT2D eigenvalue weighted by atomic mass is 10.0. The maximum Gasteiger partial charge on any atom is 0.270 e. The van der Waals surface area contributed by atoms with Gasteiger partial charge in [0.2, 0.25) is 0 Å². The molecule has 0 saturated carbocycles. The molecule has 2 aliphatic rings. The van der Waals surface area contributed by atoms with Crippen molar-refractivity contribution in [3.63, 3.8) is 0 Å². The Morgan fingerprint density at radius 1 is 1.20 bits per heavy atom. The number of carbonyl (C=O) groups is 1. The molecule has 2 aliphatic heterocycles. The van der Waals surface area contributed by atoms with Crippen molar-refractivity contribution in [3.05, 3.63) is 31.9 Å². The molecule has 0 atom stereocenters. The lowest BCUT2D eigenvalue weighted by Gasteiger charge is -2.37. The Hall–Kier alpha value is -2.15. The largest absolute Gasteiger partial charge is 0.355 e. The third-order valence-electron chi connectivity index (χ3n) is 5.68. The second-order valence-electron chi connectivity index (χ2n) is 7.47. The van der Waals surface area contributed by atoms with E-state index in [4.69, 9.17) is 12.2 Å². The van der Waals surface area contributed by atoms with Gasteiger partial charge in [-0.25, -0.2) is 0 Å². The van der Waals surface area contributed by atoms with Gasteiger partial charge in [-0.1, -0.05) is 37.8 Å². The Morgan fingerprint density at radius 3 is 2.43 bits per heavy atom. The van der Waals surface area contributed by atoms with Crippen LogP contribution in [0.2, 0.25) is 0 Å². The monoisotopic (exact) mass is 445 g/mol. The van der Waals surface area contributed by atoms with Crippen molar-refractivity contribution in [2.24, 2.45) is 7.05 Å². The maximum atomic E-state index is 12.9. The molecule has 9 heteroatoms. The lowest BCUT2D eigenvalue weighted by molar-refractivity contribution is -0.122. The number of anilines is 1. The molecule has 0 bridgehead atoms. The normalized spacial score (nSPS) is 19.1. The molecule has 0 aromatic carbocycles. The van der Waals surface area contributed by atoms with E-state index in [1.165, 1.54) is 11.8 Å². The lowest BCUT2D eigenvalue weighted by Crippen LogP contribution is -2.48. The highest BCUT2D eigenvalue weighted by atomic mass is 32.2. The zero-order chi connectivity index (χ0) is 22.0. The average Bonchev–Trinajstić information content (AvgIpc) is 3.00. The van der Waals surface area contributed by atoms with Gasteiger partial charge in [-0.15, -0.1) is 0 Å². The number of aromatic nitrogens is 1. The van der Waals surface area contributed by atoms with E-state index in [9.17, 15) is 14.9 Å². The van der Waals surface area contributed by atoms with Crippen molar-refractivity contribution in [2.75, 3.05) is 44.2 Å². The first-order valence-corrected chi connectivity index (χ1v) is 11.4. The number of rotatable bonds is 5. The molecule has 30 heavy (non-hydrogen) atoms. The number of pyridine rings is 1. The minimum Gasteiger partial charge on any atom is -0.355 e. The van der Waals surface area contributed by atoms with Gasteiger partial charge in [0.05, 0.1) is 4.91 Å². The minimum absolute atomic E-state index is 0.111. The molecule has 0 radical (unpaired) electrons. The van der Waals surface area contributed by atoms with E-state index in [1.807, 2.05) is 19.1 Å². The number of carbonyl (C=O) groups excluding carboxylic acids is 1. The quantitative estimate of drug-likeness (QED) is 0.509. The van der Waals surface area contributed by atoms with Crippen molar-refractivity contribution in [1.82, 2.24) is 14.4 Å². The zero-order valence-corrected chi connectivity index (χ0v) is 19.5. The van der Waals surface area contributed by atoms with E-state index in [1.54, 1.807) is 23.4 Å². The van der Waals surface area contributed by atoms with Crippen LogP contribution < -0.4 is 10.5 Å². The van der Waals surface area contributed by atoms with E-state index in [0.717, 1.165) is 50.5 Å². The summed E-state index contributed by atoms with van der Waals surface area (Å²) in [6, 6.07) is 2.05. The summed E-state index contributed by atoms with van der Waals surface area (Å²) in [5.41, 5.74) is 1.16. The second kappa shape index (κ2) is 9.33. The summed E-state index contributed by atoms with van der Waals surface area (Å²) >= 11 is 6.67. The molecule has 2 fully saturated rings. The third kappa shape index (κ3) is 4.04. The first-order chi connectivity index (χ1) is 14.3. The molecule has 1 amide bonds. The summed E-state index contributed by atoms with van der Waals surface area (Å²) in [5, 5.41) is 9.58. The molecular formula is C21H27N5O2S2. The number of hydrogen-bond acceptors (Lipinski definition) is 7. The predicted octanol–water partition coefficient (Wildman–Crippen LogP) is 2.32. The molecule has 0 N–H and O–H groups in total. The van der Waals surface area contributed by atoms with E-state index < -0.39 is 0 Å². The summed E-state index contributed by atoms with van der Waals surface area (Å²) in [6.07, 6.45) is 2.64. The van der Waals surface area contributed by atoms with E-state index in [0.29, 0.717) is 21.3 Å². The van der Waals surface area contributed by atoms with Crippen molar-refractivity contribution >= 4 is 46.1 Å². The van der Waals surface area contributed by atoms with Gasteiger partial charge in [-0.2, -0.15) is 5.26 Å². The fraction of sp³-hybridized carbons (Fsp3) is 0.524. The van der Waals surface area contributed by atoms with Crippen LogP contribution in [-0.2, 0) is 11.8 Å². The molecule has 1 aromatic rings. The van der Waals surface area contributed by atoms with Crippen LogP contribution in [0.5, 0.6) is 0 Å². The Morgan fingerprint density at radius 2 is 1.87 bits per heavy atom. The van der Waals surface area contributed by atoms with Crippen LogP contribution in [0.3, 0.4) is 0 Å². The van der Waals surface area contributed by atoms with Crippen LogP contribution in [0.1, 0.15) is 37.0 Å². The van der Waals surface area contributed by atoms with Gasteiger partial charge in [-0.05, 0) is 31.5 Å². The van der Waals surface area contributed by atoms with Gasteiger partial charge < -0.3 is 9.80 Å². The molecule has 0 aliphatic carbocycles. The fourth-order valence-corrected chi connectivity index (χ4v) is 5.21. The highest BCUT2D eigenvalue weighted by Crippen LogP contribution is 2.35. The summed E-state index contributed by atoms with van der Waals surface area (Å²) < 4.78 is 2.10. The summed E-state index contributed by atoms with van der Waals surface area (Å²) in [6.45, 7) is 10.9. The fourth-order valence-electron chi connectivity index (χ4n) is 3.92. The summed E-state index contributed by atoms with van der Waals surface area (Å²) in [7, 11) is 1.70. The van der Waals surface area contributed by atoms with Crippen LogP contribution in [0.4, 0.5) is 5.82 Å². The molecule has 0 unspecified atom stereocenters. The highest BCUT2D eigenvalue weighted by Gasteiger charge is 2.32. The number of thiocarbonyl (C=S) groups is 1. The predicted molar refractivity (Wildman–Crippen MR) is 126 cm³/mol. The van der Waals surface area contributed by atoms with Gasteiger partial charge in [0.15, 0.2) is 0 Å². The molecule has 160 valence electrons. The number of nitrogens with zero attached hydrogens (tertiary/aromatic N) is 5. The van der Waals surface area contributed by atoms with Gasteiger partial charge >= 0.3 is 0 Å². The molecule has 0 spiro atoms. The van der Waals surface area contributed by atoms with Crippen LogP contribution in [0.15, 0.2) is 9.70 Å². The van der Waals surface area contributed by atoms with Gasteiger partial charge in [0, 0.05) is 45.3 Å². The SMILES string of the molecule is CCCN1C(=O)/C(=C/c2c(C)c(C#N)c(=O)n(C)c2N2CCN(CC)CC2)SC1=S. The van der Waals surface area contributed by atoms with Crippen molar-refractivity contribution in [1.29, 1.82) is 5.26 Å². The van der Waals surface area contributed by atoms with Crippen molar-refractivity contribution in [2.45, 2.75) is 27.2 Å². The summed E-state index contributed by atoms with van der Waals surface area (Å²) in [5.74, 6) is 0.647. The molecule has 2 saturated heterocycles. The Bertz CT molecular complexity index is 1000. The molecular weight excluding hydrogens is 418 g/mol. The van der Waals surface area contributed by atoms with Gasteiger partial charge in [-0.3, -0.25) is 19.1 Å². The van der Waals surface area contributed by atoms with E-state index in [-0.39, 0.29) is 17.0 Å². The van der Waals surface area contributed by atoms with Crippen LogP contribution in [-0.4, -0.2) is 63.9 Å². The molecule has 3 rings (SSSR count). The number of thioether (sulfide) groups is 1. The van der Waals surface area contributed by atoms with Crippen LogP contribution in [0, 0.1) is 18.3 Å². The first-order valence-electron chi connectivity index (χ1n) is 10.2. The smallest absolute Gasteiger partial charge is 0.270 e. The van der Waals surface area contributed by atoms with Gasteiger partial charge in [0.25, 0.3) is 11.5 Å². The number of nitriles is 1. The molecule has 7 nitrogen and oxygen atoms in total. The van der Waals surface area contributed by atoms with Crippen molar-refractivity contribution < 1.29 is 4.79 Å². The minimum atomic E-state index is -0.307. The summed E-state index contributed by atoms with van der Waals surface area (Å²) in [4.78, 5) is 32.4. The van der Waals surface area contributed by atoms with Crippen LogP contribution in [0.25, 0.3) is 6.08 Å². The molecule has 3 heterocycles. The number of hydrogen-bond donors (Lipinski definition) is 0. The topological polar surface area (TPSA) is 72.6 Å². The average molecular weight is 446 g/mol.